The first kappa shape index (κ1) is 14.3. The standard InChI is InChI=1S/C17H20N2OS/c1-12(17(20)19-14-7-8-14)18-11-15-9-10-16(21-15)13-5-3-2-4-6-13/h2-6,9-10,12,14,18H,7-8,11H2,1H3,(H,19,20). The molecule has 0 saturated heterocycles. The van der Waals surface area contributed by atoms with E-state index in [1.807, 2.05) is 13.0 Å². The summed E-state index contributed by atoms with van der Waals surface area (Å²) in [6.07, 6.45) is 2.26. The van der Waals surface area contributed by atoms with Crippen LogP contribution in [0.5, 0.6) is 0 Å². The van der Waals surface area contributed by atoms with E-state index in [9.17, 15) is 4.79 Å². The first-order valence-electron chi connectivity index (χ1n) is 7.40. The van der Waals surface area contributed by atoms with Gasteiger partial charge in [0.05, 0.1) is 6.04 Å². The minimum Gasteiger partial charge on any atom is -0.352 e. The number of nitrogens with one attached hydrogen (secondary N) is 2. The molecule has 2 aromatic rings. The van der Waals surface area contributed by atoms with Crippen LogP contribution in [-0.2, 0) is 11.3 Å². The van der Waals surface area contributed by atoms with Crippen molar-refractivity contribution in [3.8, 4) is 10.4 Å². The minimum atomic E-state index is -0.145. The Balaban J connectivity index is 1.53. The van der Waals surface area contributed by atoms with Crippen LogP contribution < -0.4 is 10.6 Å². The highest BCUT2D eigenvalue weighted by Crippen LogP contribution is 2.27. The van der Waals surface area contributed by atoms with Gasteiger partial charge in [0.25, 0.3) is 0 Å². The van der Waals surface area contributed by atoms with E-state index in [0.29, 0.717) is 6.04 Å². The van der Waals surface area contributed by atoms with Crippen molar-refractivity contribution in [1.82, 2.24) is 10.6 Å². The Kier molecular flexibility index (Phi) is 4.36. The van der Waals surface area contributed by atoms with Crippen LogP contribution in [-0.4, -0.2) is 18.0 Å². The van der Waals surface area contributed by atoms with Crippen molar-refractivity contribution in [3.63, 3.8) is 0 Å². The lowest BCUT2D eigenvalue weighted by Gasteiger charge is -2.12. The lowest BCUT2D eigenvalue weighted by molar-refractivity contribution is -0.122. The Labute approximate surface area is 129 Å². The highest BCUT2D eigenvalue weighted by molar-refractivity contribution is 7.15. The highest BCUT2D eigenvalue weighted by Gasteiger charge is 2.25. The van der Waals surface area contributed by atoms with E-state index in [1.165, 1.54) is 15.3 Å². The molecule has 0 aliphatic heterocycles. The normalized spacial score (nSPS) is 15.7. The van der Waals surface area contributed by atoms with Crippen LogP contribution in [0, 0.1) is 0 Å². The number of rotatable bonds is 6. The Hall–Kier alpha value is -1.65. The second-order valence-corrected chi connectivity index (χ2v) is 6.69. The Morgan fingerprint density at radius 1 is 1.24 bits per heavy atom. The lowest BCUT2D eigenvalue weighted by atomic mass is 10.2. The molecule has 0 spiro atoms. The summed E-state index contributed by atoms with van der Waals surface area (Å²) in [4.78, 5) is 14.4. The Morgan fingerprint density at radius 3 is 2.71 bits per heavy atom. The van der Waals surface area contributed by atoms with E-state index < -0.39 is 0 Å². The number of amides is 1. The van der Waals surface area contributed by atoms with Crippen molar-refractivity contribution in [2.45, 2.75) is 38.4 Å². The van der Waals surface area contributed by atoms with Crippen molar-refractivity contribution in [2.75, 3.05) is 0 Å². The molecular weight excluding hydrogens is 280 g/mol. The monoisotopic (exact) mass is 300 g/mol. The van der Waals surface area contributed by atoms with Gasteiger partial charge in [-0.1, -0.05) is 30.3 Å². The average molecular weight is 300 g/mol. The molecule has 3 nitrogen and oxygen atoms in total. The van der Waals surface area contributed by atoms with Crippen molar-refractivity contribution in [3.05, 3.63) is 47.3 Å². The maximum Gasteiger partial charge on any atom is 0.237 e. The molecule has 21 heavy (non-hydrogen) atoms. The summed E-state index contributed by atoms with van der Waals surface area (Å²) < 4.78 is 0. The van der Waals surface area contributed by atoms with Gasteiger partial charge in [0, 0.05) is 22.3 Å². The van der Waals surface area contributed by atoms with Crippen LogP contribution >= 0.6 is 11.3 Å². The lowest BCUT2D eigenvalue weighted by Crippen LogP contribution is -2.42. The smallest absolute Gasteiger partial charge is 0.237 e. The number of carbonyl (C=O) groups excluding carboxylic acids is 1. The third-order valence-electron chi connectivity index (χ3n) is 3.62. The summed E-state index contributed by atoms with van der Waals surface area (Å²) in [7, 11) is 0. The quantitative estimate of drug-likeness (QED) is 0.860. The molecule has 2 N–H and O–H groups in total. The van der Waals surface area contributed by atoms with Crippen LogP contribution in [0.25, 0.3) is 10.4 Å². The summed E-state index contributed by atoms with van der Waals surface area (Å²) in [6, 6.07) is 14.9. The van der Waals surface area contributed by atoms with E-state index in [1.54, 1.807) is 11.3 Å². The summed E-state index contributed by atoms with van der Waals surface area (Å²) in [6.45, 7) is 2.65. The molecule has 0 radical (unpaired) electrons. The number of thiophene rings is 1. The number of hydrogen-bond acceptors (Lipinski definition) is 3. The van der Waals surface area contributed by atoms with Gasteiger partial charge >= 0.3 is 0 Å². The third kappa shape index (κ3) is 3.93. The molecule has 1 aliphatic rings. The molecule has 1 heterocycles. The van der Waals surface area contributed by atoms with Crippen LogP contribution in [0.4, 0.5) is 0 Å². The number of hydrogen-bond donors (Lipinski definition) is 2. The molecular formula is C17H20N2OS. The van der Waals surface area contributed by atoms with Gasteiger partial charge in [-0.15, -0.1) is 11.3 Å². The van der Waals surface area contributed by atoms with Gasteiger partial charge in [0.15, 0.2) is 0 Å². The first-order chi connectivity index (χ1) is 10.2. The maximum atomic E-state index is 11.9. The van der Waals surface area contributed by atoms with E-state index in [2.05, 4.69) is 47.0 Å². The fourth-order valence-corrected chi connectivity index (χ4v) is 3.09. The third-order valence-corrected chi connectivity index (χ3v) is 4.75. The maximum absolute atomic E-state index is 11.9. The van der Waals surface area contributed by atoms with Crippen LogP contribution in [0.1, 0.15) is 24.6 Å². The van der Waals surface area contributed by atoms with Gasteiger partial charge in [0.1, 0.15) is 0 Å². The molecule has 0 bridgehead atoms. The molecule has 1 atom stereocenters. The fraction of sp³-hybridized carbons (Fsp3) is 0.353. The van der Waals surface area contributed by atoms with Gasteiger partial charge in [-0.3, -0.25) is 4.79 Å². The van der Waals surface area contributed by atoms with Crippen LogP contribution in [0.2, 0.25) is 0 Å². The highest BCUT2D eigenvalue weighted by atomic mass is 32.1. The first-order valence-corrected chi connectivity index (χ1v) is 8.22. The summed E-state index contributed by atoms with van der Waals surface area (Å²) >= 11 is 1.77. The topological polar surface area (TPSA) is 41.1 Å². The van der Waals surface area contributed by atoms with Gasteiger partial charge in [-0.05, 0) is 37.5 Å². The zero-order valence-electron chi connectivity index (χ0n) is 12.1. The number of carbonyl (C=O) groups is 1. The largest absolute Gasteiger partial charge is 0.352 e. The predicted octanol–water partition coefficient (Wildman–Crippen LogP) is 3.17. The van der Waals surface area contributed by atoms with Crippen LogP contribution in [0.15, 0.2) is 42.5 Å². The van der Waals surface area contributed by atoms with Crippen LogP contribution in [0.3, 0.4) is 0 Å². The van der Waals surface area contributed by atoms with Crippen molar-refractivity contribution in [2.24, 2.45) is 0 Å². The number of benzene rings is 1. The van der Waals surface area contributed by atoms with Gasteiger partial charge in [-0.25, -0.2) is 0 Å². The molecule has 1 fully saturated rings. The zero-order chi connectivity index (χ0) is 14.7. The van der Waals surface area contributed by atoms with Gasteiger partial charge < -0.3 is 10.6 Å². The summed E-state index contributed by atoms with van der Waals surface area (Å²) in [5.41, 5.74) is 1.24. The molecule has 1 amide bonds. The molecule has 1 saturated carbocycles. The second kappa shape index (κ2) is 6.41. The van der Waals surface area contributed by atoms with E-state index in [4.69, 9.17) is 0 Å². The Morgan fingerprint density at radius 2 is 2.00 bits per heavy atom. The van der Waals surface area contributed by atoms with Crippen molar-refractivity contribution in [1.29, 1.82) is 0 Å². The molecule has 3 rings (SSSR count). The SMILES string of the molecule is CC(NCc1ccc(-c2ccccc2)s1)C(=O)NC1CC1. The molecule has 1 aromatic heterocycles. The van der Waals surface area contributed by atoms with E-state index >= 15 is 0 Å². The molecule has 1 unspecified atom stereocenters. The van der Waals surface area contributed by atoms with E-state index in [0.717, 1.165) is 19.4 Å². The predicted molar refractivity (Wildman–Crippen MR) is 87.2 cm³/mol. The fourth-order valence-electron chi connectivity index (χ4n) is 2.13. The molecule has 1 aliphatic carbocycles. The Bertz CT molecular complexity index is 604. The van der Waals surface area contributed by atoms with Gasteiger partial charge in [-0.2, -0.15) is 0 Å². The van der Waals surface area contributed by atoms with E-state index in [-0.39, 0.29) is 11.9 Å². The molecule has 1 aromatic carbocycles. The molecule has 4 heteroatoms. The summed E-state index contributed by atoms with van der Waals surface area (Å²) in [5, 5.41) is 6.32. The molecule has 110 valence electrons. The van der Waals surface area contributed by atoms with Crippen molar-refractivity contribution < 1.29 is 4.79 Å². The summed E-state index contributed by atoms with van der Waals surface area (Å²) in [5.74, 6) is 0.109. The zero-order valence-corrected chi connectivity index (χ0v) is 13.0. The average Bonchev–Trinajstić information content (AvgIpc) is 3.20. The minimum absolute atomic E-state index is 0.109. The second-order valence-electron chi connectivity index (χ2n) is 5.52. The van der Waals surface area contributed by atoms with Gasteiger partial charge in [0.2, 0.25) is 5.91 Å². The van der Waals surface area contributed by atoms with Crippen molar-refractivity contribution >= 4 is 17.2 Å².